The first-order valence-electron chi connectivity index (χ1n) is 9.36. The van der Waals surface area contributed by atoms with Gasteiger partial charge in [-0.2, -0.15) is 0 Å². The monoisotopic (exact) mass is 338 g/mol. The highest BCUT2D eigenvalue weighted by Crippen LogP contribution is 2.40. The van der Waals surface area contributed by atoms with E-state index >= 15 is 0 Å². The number of hydrogen-bond donors (Lipinski definition) is 2. The van der Waals surface area contributed by atoms with Gasteiger partial charge in [0.25, 0.3) is 0 Å². The number of benzene rings is 3. The van der Waals surface area contributed by atoms with Crippen LogP contribution in [0.1, 0.15) is 29.2 Å². The molecule has 1 unspecified atom stereocenters. The molecule has 0 amide bonds. The van der Waals surface area contributed by atoms with Gasteiger partial charge in [0.2, 0.25) is 0 Å². The molecule has 4 aromatic rings. The van der Waals surface area contributed by atoms with Crippen molar-refractivity contribution in [2.45, 2.75) is 25.4 Å². The molecule has 0 spiro atoms. The van der Waals surface area contributed by atoms with Crippen LogP contribution in [-0.2, 0) is 13.0 Å². The molecule has 26 heavy (non-hydrogen) atoms. The lowest BCUT2D eigenvalue weighted by Crippen LogP contribution is -2.24. The molecule has 1 heterocycles. The van der Waals surface area contributed by atoms with E-state index in [1.54, 1.807) is 0 Å². The van der Waals surface area contributed by atoms with Crippen molar-refractivity contribution < 1.29 is 0 Å². The van der Waals surface area contributed by atoms with E-state index in [0.29, 0.717) is 6.04 Å². The number of hydrogen-bond acceptors (Lipinski definition) is 1. The van der Waals surface area contributed by atoms with E-state index in [9.17, 15) is 0 Å². The van der Waals surface area contributed by atoms with Gasteiger partial charge in [0.1, 0.15) is 0 Å². The van der Waals surface area contributed by atoms with Crippen LogP contribution < -0.4 is 5.32 Å². The molecule has 1 aromatic heterocycles. The summed E-state index contributed by atoms with van der Waals surface area (Å²) in [5, 5.41) is 5.19. The van der Waals surface area contributed by atoms with Crippen molar-refractivity contribution in [3.63, 3.8) is 0 Å². The molecule has 3 aromatic carbocycles. The average Bonchev–Trinajstić information content (AvgIpc) is 3.09. The Morgan fingerprint density at radius 2 is 1.62 bits per heavy atom. The van der Waals surface area contributed by atoms with E-state index in [1.165, 1.54) is 38.9 Å². The van der Waals surface area contributed by atoms with Gasteiger partial charge in [-0.25, -0.2) is 0 Å². The maximum absolute atomic E-state index is 3.77. The van der Waals surface area contributed by atoms with Crippen molar-refractivity contribution in [1.29, 1.82) is 0 Å². The molecule has 5 rings (SSSR count). The molecule has 0 radical (unpaired) electrons. The highest BCUT2D eigenvalue weighted by atomic mass is 14.9. The van der Waals surface area contributed by atoms with Crippen LogP contribution in [0, 0.1) is 0 Å². The number of aromatic amines is 1. The number of aromatic nitrogens is 1. The highest BCUT2D eigenvalue weighted by Gasteiger charge is 2.25. The van der Waals surface area contributed by atoms with Crippen molar-refractivity contribution in [1.82, 2.24) is 10.3 Å². The third-order valence-electron chi connectivity index (χ3n) is 5.48. The Balaban J connectivity index is 1.52. The molecule has 2 nitrogen and oxygen atoms in total. The van der Waals surface area contributed by atoms with E-state index in [1.807, 2.05) is 0 Å². The third kappa shape index (κ3) is 2.63. The van der Waals surface area contributed by atoms with Crippen LogP contribution in [0.15, 0.2) is 78.9 Å². The van der Waals surface area contributed by atoms with Crippen LogP contribution in [0.2, 0.25) is 0 Å². The largest absolute Gasteiger partial charge is 0.354 e. The fourth-order valence-electron chi connectivity index (χ4n) is 4.23. The number of aryl methyl sites for hydroxylation is 1. The molecule has 0 fully saturated rings. The van der Waals surface area contributed by atoms with Crippen molar-refractivity contribution in [3.05, 3.63) is 95.6 Å². The molecule has 0 bridgehead atoms. The summed E-state index contributed by atoms with van der Waals surface area (Å²) in [6.45, 7) is 0.910. The summed E-state index contributed by atoms with van der Waals surface area (Å²) in [7, 11) is 0. The van der Waals surface area contributed by atoms with Crippen LogP contribution >= 0.6 is 0 Å². The second-order valence-electron chi connectivity index (χ2n) is 7.07. The zero-order valence-corrected chi connectivity index (χ0v) is 14.7. The first kappa shape index (κ1) is 15.4. The quantitative estimate of drug-likeness (QED) is 0.497. The van der Waals surface area contributed by atoms with E-state index in [4.69, 9.17) is 0 Å². The van der Waals surface area contributed by atoms with Crippen LogP contribution in [0.5, 0.6) is 0 Å². The van der Waals surface area contributed by atoms with Crippen molar-refractivity contribution in [2.24, 2.45) is 0 Å². The Labute approximate surface area is 153 Å². The van der Waals surface area contributed by atoms with Crippen LogP contribution in [0.4, 0.5) is 0 Å². The van der Waals surface area contributed by atoms with Crippen LogP contribution in [0.25, 0.3) is 22.2 Å². The van der Waals surface area contributed by atoms with Gasteiger partial charge in [0.15, 0.2) is 0 Å². The minimum Gasteiger partial charge on any atom is -0.354 e. The average molecular weight is 338 g/mol. The minimum atomic E-state index is 0.408. The molecule has 2 heteroatoms. The van der Waals surface area contributed by atoms with Gasteiger partial charge in [-0.15, -0.1) is 0 Å². The van der Waals surface area contributed by atoms with Gasteiger partial charge >= 0.3 is 0 Å². The number of H-pyrrole nitrogens is 1. The van der Waals surface area contributed by atoms with Crippen molar-refractivity contribution in [3.8, 4) is 11.3 Å². The topological polar surface area (TPSA) is 27.8 Å². The van der Waals surface area contributed by atoms with Gasteiger partial charge in [0, 0.05) is 29.2 Å². The summed E-state index contributed by atoms with van der Waals surface area (Å²) < 4.78 is 0. The van der Waals surface area contributed by atoms with Gasteiger partial charge in [0.05, 0.1) is 0 Å². The van der Waals surface area contributed by atoms with E-state index in [2.05, 4.69) is 89.2 Å². The predicted octanol–water partition coefficient (Wildman–Crippen LogP) is 5.61. The SMILES string of the molecule is c1ccc(CNC2CCc3c(-c4ccccc4)[nH]c4cccc2c34)cc1. The Hall–Kier alpha value is -2.84. The lowest BCUT2D eigenvalue weighted by atomic mass is 9.86. The highest BCUT2D eigenvalue weighted by molar-refractivity contribution is 5.94. The third-order valence-corrected chi connectivity index (χ3v) is 5.48. The summed E-state index contributed by atoms with van der Waals surface area (Å²) in [6.07, 6.45) is 2.24. The number of rotatable bonds is 4. The number of nitrogens with one attached hydrogen (secondary N) is 2. The standard InChI is InChI=1S/C24H22N2/c1-3-8-17(9-4-1)16-25-21-15-14-20-23-19(21)12-7-13-22(23)26-24(20)18-10-5-2-6-11-18/h1-13,21,25-26H,14-16H2. The molecule has 0 aliphatic heterocycles. The fraction of sp³-hybridized carbons (Fsp3) is 0.167. The van der Waals surface area contributed by atoms with Gasteiger partial charge in [-0.3, -0.25) is 0 Å². The Morgan fingerprint density at radius 3 is 2.42 bits per heavy atom. The minimum absolute atomic E-state index is 0.408. The second kappa shape index (κ2) is 6.47. The first-order valence-corrected chi connectivity index (χ1v) is 9.36. The molecular weight excluding hydrogens is 316 g/mol. The van der Waals surface area contributed by atoms with E-state index in [-0.39, 0.29) is 0 Å². The zero-order chi connectivity index (χ0) is 17.3. The lowest BCUT2D eigenvalue weighted by Gasteiger charge is -2.25. The maximum Gasteiger partial charge on any atom is 0.0497 e. The summed E-state index contributed by atoms with van der Waals surface area (Å²) in [6, 6.07) is 28.4. The van der Waals surface area contributed by atoms with E-state index in [0.717, 1.165) is 19.4 Å². The molecule has 1 aliphatic carbocycles. The summed E-state index contributed by atoms with van der Waals surface area (Å²) >= 11 is 0. The first-order chi connectivity index (χ1) is 12.9. The lowest BCUT2D eigenvalue weighted by molar-refractivity contribution is 0.495. The molecule has 2 N–H and O–H groups in total. The molecule has 128 valence electrons. The van der Waals surface area contributed by atoms with Crippen LogP contribution in [0.3, 0.4) is 0 Å². The molecule has 1 aliphatic rings. The maximum atomic E-state index is 3.77. The molecule has 0 saturated carbocycles. The van der Waals surface area contributed by atoms with Crippen molar-refractivity contribution >= 4 is 10.9 Å². The van der Waals surface area contributed by atoms with Gasteiger partial charge in [-0.1, -0.05) is 72.8 Å². The van der Waals surface area contributed by atoms with Crippen LogP contribution in [-0.4, -0.2) is 4.98 Å². The summed E-state index contributed by atoms with van der Waals surface area (Å²) in [5.74, 6) is 0. The normalized spacial score (nSPS) is 16.1. The molecular formula is C24H22N2. The Morgan fingerprint density at radius 1 is 0.846 bits per heavy atom. The van der Waals surface area contributed by atoms with E-state index < -0.39 is 0 Å². The molecule has 0 saturated heterocycles. The Kier molecular flexibility index (Phi) is 3.84. The summed E-state index contributed by atoms with van der Waals surface area (Å²) in [4.78, 5) is 3.68. The van der Waals surface area contributed by atoms with Crippen molar-refractivity contribution in [2.75, 3.05) is 0 Å². The van der Waals surface area contributed by atoms with Gasteiger partial charge < -0.3 is 10.3 Å². The molecule has 1 atom stereocenters. The Bertz CT molecular complexity index is 1030. The van der Waals surface area contributed by atoms with Gasteiger partial charge in [-0.05, 0) is 41.2 Å². The summed E-state index contributed by atoms with van der Waals surface area (Å²) in [5.41, 5.74) is 8.06. The zero-order valence-electron chi connectivity index (χ0n) is 14.7. The fourth-order valence-corrected chi connectivity index (χ4v) is 4.23. The second-order valence-corrected chi connectivity index (χ2v) is 7.07. The predicted molar refractivity (Wildman–Crippen MR) is 108 cm³/mol. The smallest absolute Gasteiger partial charge is 0.0497 e.